The molecule has 0 radical (unpaired) electrons. The van der Waals surface area contributed by atoms with Crippen molar-refractivity contribution in [3.05, 3.63) is 49.3 Å². The first-order valence-corrected chi connectivity index (χ1v) is 8.48. The molecule has 2 aliphatic heterocycles. The predicted octanol–water partition coefficient (Wildman–Crippen LogP) is -2.49. The Balaban J connectivity index is 2.35. The van der Waals surface area contributed by atoms with E-state index < -0.39 is 48.4 Å². The molecule has 0 bridgehead atoms. The molecule has 0 aromatic heterocycles. The second kappa shape index (κ2) is 7.28. The number of nitrogens with zero attached hydrogens (tertiary/aromatic N) is 3. The average Bonchev–Trinajstić information content (AvgIpc) is 2.64. The fourth-order valence-corrected chi connectivity index (χ4v) is 3.05. The van der Waals surface area contributed by atoms with Gasteiger partial charge in [0.05, 0.1) is 13.2 Å². The van der Waals surface area contributed by atoms with E-state index in [4.69, 9.17) is 5.11 Å². The molecule has 28 heavy (non-hydrogen) atoms. The molecule has 0 saturated heterocycles. The fourth-order valence-electron chi connectivity index (χ4n) is 3.05. The molecule has 1 aromatic carbocycles. The van der Waals surface area contributed by atoms with Gasteiger partial charge in [0.2, 0.25) is 11.3 Å². The van der Waals surface area contributed by atoms with Crippen LogP contribution in [-0.4, -0.2) is 59.9 Å². The maximum absolute atomic E-state index is 12.8. The molecule has 2 aliphatic rings. The van der Waals surface area contributed by atoms with Gasteiger partial charge in [-0.2, -0.15) is 9.71 Å². The summed E-state index contributed by atoms with van der Waals surface area (Å²) in [5.74, 6) is -0.274. The van der Waals surface area contributed by atoms with Crippen molar-refractivity contribution >= 4 is 11.0 Å². The molecule has 3 rings (SSSR count). The minimum atomic E-state index is -1.71. The summed E-state index contributed by atoms with van der Waals surface area (Å²) in [4.78, 5) is 29.6. The van der Waals surface area contributed by atoms with E-state index in [1.54, 1.807) is 26.0 Å². The molecule has 3 atom stereocenters. The van der Waals surface area contributed by atoms with Crippen LogP contribution in [0.3, 0.4) is 0 Å². The third-order valence-electron chi connectivity index (χ3n) is 4.76. The van der Waals surface area contributed by atoms with Crippen molar-refractivity contribution in [1.82, 2.24) is 14.5 Å². The summed E-state index contributed by atoms with van der Waals surface area (Å²) in [7, 11) is 0. The first-order valence-electron chi connectivity index (χ1n) is 8.48. The molecule has 2 heterocycles. The molecular formula is C17H20N4O7. The zero-order chi connectivity index (χ0) is 20.7. The smallest absolute Gasteiger partial charge is 0.350 e. The monoisotopic (exact) mass is 392 g/mol. The van der Waals surface area contributed by atoms with Crippen LogP contribution in [0.1, 0.15) is 11.1 Å². The highest BCUT2D eigenvalue weighted by molar-refractivity contribution is 5.77. The van der Waals surface area contributed by atoms with Crippen molar-refractivity contribution in [1.29, 1.82) is 0 Å². The number of hydrogen-bond donors (Lipinski definition) is 5. The summed E-state index contributed by atoms with van der Waals surface area (Å²) in [6.07, 6.45) is -4.89. The number of hydrogen-bond acceptors (Lipinski definition) is 8. The number of H-pyrrole nitrogens is 1. The Labute approximate surface area is 157 Å². The van der Waals surface area contributed by atoms with Gasteiger partial charge in [0, 0.05) is 6.07 Å². The second-order valence-electron chi connectivity index (χ2n) is 6.68. The molecule has 0 amide bonds. The summed E-state index contributed by atoms with van der Waals surface area (Å²) < 4.78 is 1.63. The Morgan fingerprint density at radius 2 is 1.82 bits per heavy atom. The quantitative estimate of drug-likeness (QED) is 0.180. The van der Waals surface area contributed by atoms with Crippen LogP contribution in [0.5, 0.6) is 0 Å². The predicted molar refractivity (Wildman–Crippen MR) is 96.8 cm³/mol. The number of aliphatic hydroxyl groups is 4. The maximum Gasteiger partial charge on any atom is 0.350 e. The van der Waals surface area contributed by atoms with Gasteiger partial charge in [-0.05, 0) is 31.0 Å². The van der Waals surface area contributed by atoms with Crippen LogP contribution in [0.25, 0.3) is 22.6 Å². The number of aliphatic hydroxyl groups excluding tert-OH is 4. The summed E-state index contributed by atoms with van der Waals surface area (Å²) in [5.41, 5.74) is -0.384. The van der Waals surface area contributed by atoms with Crippen LogP contribution in [0, 0.1) is 19.1 Å². The Bertz CT molecular complexity index is 1120. The van der Waals surface area contributed by atoms with Crippen LogP contribution >= 0.6 is 0 Å². The molecule has 0 fully saturated rings. The zero-order valence-corrected chi connectivity index (χ0v) is 15.2. The summed E-state index contributed by atoms with van der Waals surface area (Å²) >= 11 is 0. The Hall–Kier alpha value is -2.86. The van der Waals surface area contributed by atoms with E-state index >= 15 is 0 Å². The number of aryl methyl sites for hydroxylation is 2. The first-order chi connectivity index (χ1) is 13.1. The molecule has 150 valence electrons. The minimum absolute atomic E-state index is 0.103. The van der Waals surface area contributed by atoms with Crippen molar-refractivity contribution in [2.45, 2.75) is 38.7 Å². The van der Waals surface area contributed by atoms with E-state index in [-0.39, 0.29) is 16.9 Å². The molecule has 11 nitrogen and oxygen atoms in total. The minimum Gasteiger partial charge on any atom is -0.618 e. The lowest BCUT2D eigenvalue weighted by Crippen LogP contribution is -2.45. The number of fused-ring (bicyclic) bond motifs is 2. The molecular weight excluding hydrogens is 372 g/mol. The van der Waals surface area contributed by atoms with Gasteiger partial charge < -0.3 is 30.2 Å². The fraction of sp³-hybridized carbons (Fsp3) is 0.412. The number of nitrogens with one attached hydrogen (secondary N) is 1. The first kappa shape index (κ1) is 19.9. The number of aromatic nitrogens is 4. The van der Waals surface area contributed by atoms with Crippen LogP contribution in [-0.2, 0) is 6.54 Å². The van der Waals surface area contributed by atoms with E-state index in [9.17, 15) is 30.1 Å². The van der Waals surface area contributed by atoms with Crippen LogP contribution < -0.4 is 16.0 Å². The molecule has 0 unspecified atom stereocenters. The number of aromatic amines is 1. The van der Waals surface area contributed by atoms with Gasteiger partial charge in [-0.3, -0.25) is 9.78 Å². The third-order valence-corrected chi connectivity index (χ3v) is 4.76. The molecule has 0 saturated carbocycles. The average molecular weight is 392 g/mol. The van der Waals surface area contributed by atoms with Crippen LogP contribution in [0.4, 0.5) is 0 Å². The van der Waals surface area contributed by atoms with E-state index in [1.165, 1.54) is 4.57 Å². The van der Waals surface area contributed by atoms with E-state index in [0.717, 1.165) is 11.1 Å². The van der Waals surface area contributed by atoms with Crippen LogP contribution in [0.15, 0.2) is 21.7 Å². The van der Waals surface area contributed by atoms with Gasteiger partial charge in [-0.15, -0.1) is 0 Å². The Morgan fingerprint density at radius 3 is 2.46 bits per heavy atom. The second-order valence-corrected chi connectivity index (χ2v) is 6.68. The highest BCUT2D eigenvalue weighted by Gasteiger charge is 2.31. The van der Waals surface area contributed by atoms with Gasteiger partial charge in [0.1, 0.15) is 23.8 Å². The van der Waals surface area contributed by atoms with Crippen LogP contribution in [0.2, 0.25) is 0 Å². The zero-order valence-electron chi connectivity index (χ0n) is 15.2. The van der Waals surface area contributed by atoms with E-state index in [0.29, 0.717) is 4.73 Å². The topological polar surface area (TPSA) is 176 Å². The van der Waals surface area contributed by atoms with E-state index in [2.05, 4.69) is 4.98 Å². The summed E-state index contributed by atoms with van der Waals surface area (Å²) in [6, 6.07) is 3.19. The van der Waals surface area contributed by atoms with Crippen molar-refractivity contribution in [3.63, 3.8) is 0 Å². The highest BCUT2D eigenvalue weighted by atomic mass is 16.5. The van der Waals surface area contributed by atoms with Gasteiger partial charge in [0.25, 0.3) is 0 Å². The molecule has 11 heteroatoms. The lowest BCUT2D eigenvalue weighted by Gasteiger charge is -2.24. The van der Waals surface area contributed by atoms with E-state index in [1.807, 2.05) is 4.98 Å². The van der Waals surface area contributed by atoms with Gasteiger partial charge in [-0.25, -0.2) is 4.79 Å². The Morgan fingerprint density at radius 1 is 1.18 bits per heavy atom. The molecule has 0 spiro atoms. The van der Waals surface area contributed by atoms with Crippen molar-refractivity contribution in [2.24, 2.45) is 0 Å². The van der Waals surface area contributed by atoms with Gasteiger partial charge in [0.15, 0.2) is 0 Å². The third kappa shape index (κ3) is 3.24. The Kier molecular flexibility index (Phi) is 5.17. The molecule has 1 aromatic rings. The van der Waals surface area contributed by atoms with Crippen molar-refractivity contribution < 1.29 is 25.2 Å². The summed E-state index contributed by atoms with van der Waals surface area (Å²) in [6.45, 7) is 2.40. The largest absolute Gasteiger partial charge is 0.618 e. The van der Waals surface area contributed by atoms with Crippen molar-refractivity contribution in [2.75, 3.05) is 6.61 Å². The normalized spacial score (nSPS) is 15.1. The lowest BCUT2D eigenvalue weighted by molar-refractivity contribution is -0.566. The van der Waals surface area contributed by atoms with Gasteiger partial charge >= 0.3 is 16.9 Å². The standard InChI is InChI=1S/C17H20N4O7/c1-7-3-9-10(4-8(7)2)21(28)13-15(18-17(27)19-16(13)26)20(9)5-11(23)14(25)12(24)6-22/h3-4,11-12,14,22-25H,5-6H2,1-2H3,(H,19,26,27)/t11-,12-,14+/m1/s1. The molecule has 5 N–H and O–H groups in total. The summed E-state index contributed by atoms with van der Waals surface area (Å²) in [5, 5.41) is 51.6. The lowest BCUT2D eigenvalue weighted by atomic mass is 10.1. The SMILES string of the molecule is Cc1cc2c(cc1C)[n+]([O-])c1c(=O)[nH]c(=O)nc-1n2C[C@@H](O)[C@H](O)[C@H](O)CO. The maximum atomic E-state index is 12.8. The molecule has 0 aliphatic carbocycles. The number of benzene rings is 1. The highest BCUT2D eigenvalue weighted by Crippen LogP contribution is 2.23. The van der Waals surface area contributed by atoms with Gasteiger partial charge in [-0.1, -0.05) is 0 Å². The van der Waals surface area contributed by atoms with Crippen molar-refractivity contribution in [3.8, 4) is 11.5 Å². The number of rotatable bonds is 5.